The maximum absolute atomic E-state index is 3.74. The highest BCUT2D eigenvalue weighted by Crippen LogP contribution is 2.28. The van der Waals surface area contributed by atoms with Crippen molar-refractivity contribution in [2.45, 2.75) is 46.2 Å². The first-order chi connectivity index (χ1) is 8.88. The van der Waals surface area contributed by atoms with Gasteiger partial charge in [0.05, 0.1) is 0 Å². The molecule has 1 aromatic carbocycles. The Morgan fingerprint density at radius 3 is 2.37 bits per heavy atom. The van der Waals surface area contributed by atoms with E-state index in [1.807, 2.05) is 0 Å². The maximum atomic E-state index is 3.74. The molecule has 2 rings (SSSR count). The average molecular weight is 325 g/mol. The molecule has 1 aromatic rings. The summed E-state index contributed by atoms with van der Waals surface area (Å²) in [5, 5.41) is 3.74. The van der Waals surface area contributed by atoms with E-state index in [0.29, 0.717) is 18.0 Å². The number of anilines is 1. The van der Waals surface area contributed by atoms with Crippen molar-refractivity contribution in [2.75, 3.05) is 18.9 Å². The lowest BCUT2D eigenvalue weighted by molar-refractivity contribution is 0.145. The quantitative estimate of drug-likeness (QED) is 0.876. The van der Waals surface area contributed by atoms with Gasteiger partial charge in [-0.15, -0.1) is 0 Å². The lowest BCUT2D eigenvalue weighted by Crippen LogP contribution is -2.48. The molecule has 1 N–H and O–H groups in total. The van der Waals surface area contributed by atoms with Crippen LogP contribution in [0.25, 0.3) is 0 Å². The van der Waals surface area contributed by atoms with Gasteiger partial charge in [0.2, 0.25) is 0 Å². The van der Waals surface area contributed by atoms with Crippen molar-refractivity contribution in [1.82, 2.24) is 4.90 Å². The van der Waals surface area contributed by atoms with E-state index >= 15 is 0 Å². The molecule has 19 heavy (non-hydrogen) atoms. The average Bonchev–Trinajstić information content (AvgIpc) is 2.33. The van der Waals surface area contributed by atoms with Crippen LogP contribution in [0.3, 0.4) is 0 Å². The van der Waals surface area contributed by atoms with Crippen LogP contribution in [0.5, 0.6) is 0 Å². The van der Waals surface area contributed by atoms with Gasteiger partial charge >= 0.3 is 0 Å². The van der Waals surface area contributed by atoms with Crippen LogP contribution in [-0.4, -0.2) is 30.6 Å². The summed E-state index contributed by atoms with van der Waals surface area (Å²) in [7, 11) is 2.23. The minimum Gasteiger partial charge on any atom is -0.382 e. The number of nitrogens with zero attached hydrogens (tertiary/aromatic N) is 1. The van der Waals surface area contributed by atoms with Gasteiger partial charge in [-0.1, -0.05) is 22.9 Å². The molecule has 1 aliphatic heterocycles. The summed E-state index contributed by atoms with van der Waals surface area (Å²) < 4.78 is 1.22. The Morgan fingerprint density at radius 2 is 1.79 bits per heavy atom. The van der Waals surface area contributed by atoms with Crippen LogP contribution in [0.15, 0.2) is 16.6 Å². The Labute approximate surface area is 125 Å². The van der Waals surface area contributed by atoms with Crippen LogP contribution >= 0.6 is 15.9 Å². The standard InChI is InChI=1S/C16H25BrN2/c1-10-6-14(7-11(2)16(10)17)18-15-8-13(4)19(5)9-12(15)3/h6-7,12-13,15,18H,8-9H2,1-5H3. The molecule has 0 amide bonds. The van der Waals surface area contributed by atoms with Crippen molar-refractivity contribution in [3.63, 3.8) is 0 Å². The van der Waals surface area contributed by atoms with Crippen molar-refractivity contribution in [2.24, 2.45) is 5.92 Å². The molecule has 3 atom stereocenters. The molecule has 0 bridgehead atoms. The van der Waals surface area contributed by atoms with E-state index < -0.39 is 0 Å². The number of aryl methyl sites for hydroxylation is 2. The van der Waals surface area contributed by atoms with Gasteiger partial charge in [-0.25, -0.2) is 0 Å². The second kappa shape index (κ2) is 5.84. The molecule has 1 aliphatic rings. The second-order valence-corrected chi connectivity index (χ2v) is 6.97. The van der Waals surface area contributed by atoms with E-state index in [1.54, 1.807) is 0 Å². The van der Waals surface area contributed by atoms with Crippen LogP contribution in [-0.2, 0) is 0 Å². The molecule has 0 aliphatic carbocycles. The molecule has 0 radical (unpaired) electrons. The van der Waals surface area contributed by atoms with E-state index in [9.17, 15) is 0 Å². The predicted octanol–water partition coefficient (Wildman–Crippen LogP) is 4.21. The van der Waals surface area contributed by atoms with Gasteiger partial charge in [-0.2, -0.15) is 0 Å². The number of likely N-dealkylation sites (tertiary alicyclic amines) is 1. The third-order valence-electron chi connectivity index (χ3n) is 4.40. The van der Waals surface area contributed by atoms with Crippen molar-refractivity contribution >= 4 is 21.6 Å². The number of piperidine rings is 1. The smallest absolute Gasteiger partial charge is 0.0348 e. The molecule has 2 nitrogen and oxygen atoms in total. The van der Waals surface area contributed by atoms with Crippen molar-refractivity contribution < 1.29 is 0 Å². The molecule has 3 heteroatoms. The zero-order chi connectivity index (χ0) is 14.2. The number of hydrogen-bond donors (Lipinski definition) is 1. The molecule has 0 aromatic heterocycles. The first kappa shape index (κ1) is 14.9. The zero-order valence-electron chi connectivity index (χ0n) is 12.6. The lowest BCUT2D eigenvalue weighted by Gasteiger charge is -2.40. The summed E-state index contributed by atoms with van der Waals surface area (Å²) in [5.41, 5.74) is 3.86. The fourth-order valence-electron chi connectivity index (χ4n) is 2.99. The number of nitrogens with one attached hydrogen (secondary N) is 1. The van der Waals surface area contributed by atoms with Gasteiger partial charge in [0, 0.05) is 28.8 Å². The largest absolute Gasteiger partial charge is 0.382 e. The summed E-state index contributed by atoms with van der Waals surface area (Å²) in [6, 6.07) is 5.72. The molecular formula is C16H25BrN2. The van der Waals surface area contributed by atoms with E-state index in [0.717, 1.165) is 0 Å². The van der Waals surface area contributed by atoms with Crippen LogP contribution in [0.1, 0.15) is 31.4 Å². The highest BCUT2D eigenvalue weighted by Gasteiger charge is 2.28. The number of rotatable bonds is 2. The molecule has 0 saturated carbocycles. The second-order valence-electron chi connectivity index (χ2n) is 6.18. The highest BCUT2D eigenvalue weighted by molar-refractivity contribution is 9.10. The Morgan fingerprint density at radius 1 is 1.21 bits per heavy atom. The molecule has 1 fully saturated rings. The van der Waals surface area contributed by atoms with Gasteiger partial charge in [-0.3, -0.25) is 0 Å². The molecular weight excluding hydrogens is 300 g/mol. The normalized spacial score (nSPS) is 28.4. The molecule has 106 valence electrons. The number of halogens is 1. The van der Waals surface area contributed by atoms with Crippen LogP contribution in [0.4, 0.5) is 5.69 Å². The SMILES string of the molecule is Cc1cc(NC2CC(C)N(C)CC2C)cc(C)c1Br. The van der Waals surface area contributed by atoms with E-state index in [-0.39, 0.29) is 0 Å². The van der Waals surface area contributed by atoms with E-state index in [4.69, 9.17) is 0 Å². The summed E-state index contributed by atoms with van der Waals surface area (Å²) in [6.45, 7) is 10.1. The first-order valence-corrected chi connectivity index (χ1v) is 7.91. The summed E-state index contributed by atoms with van der Waals surface area (Å²) >= 11 is 3.63. The van der Waals surface area contributed by atoms with Gasteiger partial charge in [0.15, 0.2) is 0 Å². The van der Waals surface area contributed by atoms with Crippen molar-refractivity contribution in [3.05, 3.63) is 27.7 Å². The number of benzene rings is 1. The van der Waals surface area contributed by atoms with Crippen LogP contribution < -0.4 is 5.32 Å². The van der Waals surface area contributed by atoms with E-state index in [2.05, 4.69) is 73.0 Å². The predicted molar refractivity (Wildman–Crippen MR) is 86.9 cm³/mol. The fourth-order valence-corrected chi connectivity index (χ4v) is 3.21. The van der Waals surface area contributed by atoms with Crippen LogP contribution in [0, 0.1) is 19.8 Å². The van der Waals surface area contributed by atoms with Gasteiger partial charge in [0.1, 0.15) is 0 Å². The lowest BCUT2D eigenvalue weighted by atomic mass is 9.89. The zero-order valence-corrected chi connectivity index (χ0v) is 14.2. The summed E-state index contributed by atoms with van der Waals surface area (Å²) in [4.78, 5) is 2.46. The maximum Gasteiger partial charge on any atom is 0.0348 e. The Bertz CT molecular complexity index is 435. The van der Waals surface area contributed by atoms with E-state index in [1.165, 1.54) is 34.3 Å². The Hall–Kier alpha value is -0.540. The first-order valence-electron chi connectivity index (χ1n) is 7.12. The Balaban J connectivity index is 2.13. The monoisotopic (exact) mass is 324 g/mol. The minimum atomic E-state index is 0.575. The molecule has 1 saturated heterocycles. The highest BCUT2D eigenvalue weighted by atomic mass is 79.9. The molecule has 3 unspecified atom stereocenters. The molecule has 1 heterocycles. The van der Waals surface area contributed by atoms with Gasteiger partial charge < -0.3 is 10.2 Å². The fraction of sp³-hybridized carbons (Fsp3) is 0.625. The topological polar surface area (TPSA) is 15.3 Å². The van der Waals surface area contributed by atoms with Crippen molar-refractivity contribution in [3.8, 4) is 0 Å². The Kier molecular flexibility index (Phi) is 4.57. The molecule has 0 spiro atoms. The number of hydrogen-bond acceptors (Lipinski definition) is 2. The third-order valence-corrected chi connectivity index (χ3v) is 5.65. The third kappa shape index (κ3) is 3.32. The van der Waals surface area contributed by atoms with Gasteiger partial charge in [0.25, 0.3) is 0 Å². The summed E-state index contributed by atoms with van der Waals surface area (Å²) in [5.74, 6) is 0.686. The van der Waals surface area contributed by atoms with Gasteiger partial charge in [-0.05, 0) is 63.4 Å². The van der Waals surface area contributed by atoms with Crippen molar-refractivity contribution in [1.29, 1.82) is 0 Å². The summed E-state index contributed by atoms with van der Waals surface area (Å²) in [6.07, 6.45) is 1.21. The minimum absolute atomic E-state index is 0.575. The van der Waals surface area contributed by atoms with Crippen LogP contribution in [0.2, 0.25) is 0 Å².